The van der Waals surface area contributed by atoms with E-state index in [-0.39, 0.29) is 0 Å². The molecule has 4 heteroatoms. The average molecular weight is 182 g/mol. The summed E-state index contributed by atoms with van der Waals surface area (Å²) >= 11 is 0. The van der Waals surface area contributed by atoms with E-state index in [2.05, 4.69) is 5.10 Å². The van der Waals surface area contributed by atoms with Gasteiger partial charge in [0.25, 0.3) is 0 Å². The molecule has 1 aromatic rings. The van der Waals surface area contributed by atoms with Gasteiger partial charge in [0.2, 0.25) is 0 Å². The number of hydrogen-bond acceptors (Lipinski definition) is 3. The second-order valence-electron chi connectivity index (χ2n) is 3.43. The molecule has 2 heterocycles. The zero-order valence-electron chi connectivity index (χ0n) is 7.73. The summed E-state index contributed by atoms with van der Waals surface area (Å²) < 4.78 is 7.02. The lowest BCUT2D eigenvalue weighted by atomic mass is 9.96. The quantitative estimate of drug-likeness (QED) is 0.705. The molecule has 1 aliphatic rings. The highest BCUT2D eigenvalue weighted by atomic mass is 16.5. The van der Waals surface area contributed by atoms with Crippen molar-refractivity contribution in [2.24, 2.45) is 7.05 Å². The molecule has 1 N–H and O–H groups in total. The zero-order chi connectivity index (χ0) is 9.26. The predicted octanol–water partition coefficient (Wildman–Crippen LogP) is 1.02. The maximum Gasteiger partial charge on any atom is 0.157 e. The molecule has 13 heavy (non-hydrogen) atoms. The number of hydrogen-bond donors (Lipinski definition) is 1. The highest BCUT2D eigenvalue weighted by molar-refractivity contribution is 5.27. The van der Waals surface area contributed by atoms with Gasteiger partial charge in [-0.25, -0.2) is 0 Å². The van der Waals surface area contributed by atoms with Crippen LogP contribution in [0.1, 0.15) is 24.5 Å². The third kappa shape index (κ3) is 1.54. The van der Waals surface area contributed by atoms with Crippen molar-refractivity contribution in [1.29, 1.82) is 0 Å². The smallest absolute Gasteiger partial charge is 0.157 e. The fraction of sp³-hybridized carbons (Fsp3) is 0.667. The first kappa shape index (κ1) is 8.56. The van der Waals surface area contributed by atoms with Crippen molar-refractivity contribution in [1.82, 2.24) is 9.78 Å². The number of nitrogens with zero attached hydrogens (tertiary/aromatic N) is 2. The van der Waals surface area contributed by atoms with Crippen LogP contribution >= 0.6 is 0 Å². The summed E-state index contributed by atoms with van der Waals surface area (Å²) in [5.41, 5.74) is 0.948. The lowest BCUT2D eigenvalue weighted by molar-refractivity contribution is 0.0832. The van der Waals surface area contributed by atoms with E-state index in [0.29, 0.717) is 11.7 Å². The molecule has 1 aromatic heterocycles. The van der Waals surface area contributed by atoms with Gasteiger partial charge in [0.05, 0.1) is 11.9 Å². The van der Waals surface area contributed by atoms with Crippen LogP contribution < -0.4 is 0 Å². The molecule has 0 saturated carbocycles. The van der Waals surface area contributed by atoms with Gasteiger partial charge in [-0.05, 0) is 12.8 Å². The average Bonchev–Trinajstić information content (AvgIpc) is 2.48. The van der Waals surface area contributed by atoms with Crippen molar-refractivity contribution in [2.75, 3.05) is 13.2 Å². The molecule has 1 fully saturated rings. The van der Waals surface area contributed by atoms with Gasteiger partial charge in [-0.1, -0.05) is 0 Å². The molecule has 1 aliphatic heterocycles. The molecule has 0 amide bonds. The lowest BCUT2D eigenvalue weighted by Crippen LogP contribution is -2.16. The Morgan fingerprint density at radius 2 is 2.23 bits per heavy atom. The Labute approximate surface area is 77.1 Å². The lowest BCUT2D eigenvalue weighted by Gasteiger charge is -2.22. The first-order valence-electron chi connectivity index (χ1n) is 4.57. The molecule has 0 unspecified atom stereocenters. The molecule has 0 bridgehead atoms. The molecular formula is C9H14N2O2. The van der Waals surface area contributed by atoms with E-state index in [0.717, 1.165) is 31.7 Å². The van der Waals surface area contributed by atoms with Crippen molar-refractivity contribution < 1.29 is 9.84 Å². The van der Waals surface area contributed by atoms with Crippen molar-refractivity contribution >= 4 is 0 Å². The van der Waals surface area contributed by atoms with Gasteiger partial charge < -0.3 is 9.84 Å². The number of aromatic nitrogens is 2. The first-order chi connectivity index (χ1) is 6.29. The summed E-state index contributed by atoms with van der Waals surface area (Å²) in [6.45, 7) is 1.57. The molecule has 2 rings (SSSR count). The molecule has 0 aliphatic carbocycles. The van der Waals surface area contributed by atoms with Gasteiger partial charge in [0.1, 0.15) is 0 Å². The number of rotatable bonds is 1. The van der Waals surface area contributed by atoms with Crippen molar-refractivity contribution in [3.05, 3.63) is 11.9 Å². The summed E-state index contributed by atoms with van der Waals surface area (Å²) in [6.07, 6.45) is 3.46. The summed E-state index contributed by atoms with van der Waals surface area (Å²) in [4.78, 5) is 0. The molecule has 0 spiro atoms. The van der Waals surface area contributed by atoms with Gasteiger partial charge in [0.15, 0.2) is 5.75 Å². The Bertz CT molecular complexity index is 270. The molecule has 0 atom stereocenters. The van der Waals surface area contributed by atoms with Gasteiger partial charge in [-0.2, -0.15) is 5.10 Å². The van der Waals surface area contributed by atoms with E-state index in [4.69, 9.17) is 4.74 Å². The summed E-state index contributed by atoms with van der Waals surface area (Å²) in [6, 6.07) is 0. The third-order valence-electron chi connectivity index (χ3n) is 2.57. The highest BCUT2D eigenvalue weighted by Crippen LogP contribution is 2.31. The van der Waals surface area contributed by atoms with Crippen LogP contribution in [0.15, 0.2) is 6.20 Å². The van der Waals surface area contributed by atoms with Crippen LogP contribution in [0, 0.1) is 0 Å². The molecule has 0 aromatic carbocycles. The van der Waals surface area contributed by atoms with Crippen LogP contribution in [0.2, 0.25) is 0 Å². The minimum atomic E-state index is 0.314. The van der Waals surface area contributed by atoms with Crippen LogP contribution in [0.3, 0.4) is 0 Å². The zero-order valence-corrected chi connectivity index (χ0v) is 7.73. The minimum absolute atomic E-state index is 0.314. The second-order valence-corrected chi connectivity index (χ2v) is 3.43. The molecule has 72 valence electrons. The number of ether oxygens (including phenoxy) is 1. The predicted molar refractivity (Wildman–Crippen MR) is 47.7 cm³/mol. The van der Waals surface area contributed by atoms with E-state index in [1.165, 1.54) is 6.20 Å². The number of aryl methyl sites for hydroxylation is 1. The summed E-state index contributed by atoms with van der Waals surface area (Å²) in [7, 11) is 1.87. The van der Waals surface area contributed by atoms with Crippen LogP contribution in [0.4, 0.5) is 0 Å². The molecule has 0 radical (unpaired) electrons. The second kappa shape index (κ2) is 3.38. The van der Waals surface area contributed by atoms with E-state index in [1.807, 2.05) is 7.05 Å². The topological polar surface area (TPSA) is 47.3 Å². The fourth-order valence-corrected chi connectivity index (χ4v) is 1.88. The first-order valence-corrected chi connectivity index (χ1v) is 4.57. The summed E-state index contributed by atoms with van der Waals surface area (Å²) in [5, 5.41) is 13.6. The number of aromatic hydroxyl groups is 1. The van der Waals surface area contributed by atoms with E-state index >= 15 is 0 Å². The maximum absolute atomic E-state index is 9.56. The van der Waals surface area contributed by atoms with Crippen molar-refractivity contribution in [3.63, 3.8) is 0 Å². The minimum Gasteiger partial charge on any atom is -0.504 e. The Balaban J connectivity index is 2.22. The van der Waals surface area contributed by atoms with Gasteiger partial charge >= 0.3 is 0 Å². The normalized spacial score (nSPS) is 19.2. The van der Waals surface area contributed by atoms with E-state index < -0.39 is 0 Å². The molecular weight excluding hydrogens is 168 g/mol. The monoisotopic (exact) mass is 182 g/mol. The standard InChI is InChI=1S/C9H14N2O2/c1-11-9(8(12)6-10-11)7-2-4-13-5-3-7/h6-7,12H,2-5H2,1H3. The van der Waals surface area contributed by atoms with Crippen LogP contribution in [0.5, 0.6) is 5.75 Å². The van der Waals surface area contributed by atoms with Crippen LogP contribution in [0.25, 0.3) is 0 Å². The largest absolute Gasteiger partial charge is 0.504 e. The molecule has 4 nitrogen and oxygen atoms in total. The SMILES string of the molecule is Cn1ncc(O)c1C1CCOCC1. The molecule has 1 saturated heterocycles. The maximum atomic E-state index is 9.56. The van der Waals surface area contributed by atoms with E-state index in [1.54, 1.807) is 4.68 Å². The Hall–Kier alpha value is -1.03. The van der Waals surface area contributed by atoms with Crippen LogP contribution in [-0.2, 0) is 11.8 Å². The summed E-state index contributed by atoms with van der Waals surface area (Å²) in [5.74, 6) is 0.718. The van der Waals surface area contributed by atoms with Crippen molar-refractivity contribution in [3.8, 4) is 5.75 Å². The van der Waals surface area contributed by atoms with E-state index in [9.17, 15) is 5.11 Å². The Kier molecular flexibility index (Phi) is 2.22. The van der Waals surface area contributed by atoms with Gasteiger partial charge in [-0.3, -0.25) is 4.68 Å². The van der Waals surface area contributed by atoms with Crippen LogP contribution in [-0.4, -0.2) is 28.1 Å². The third-order valence-corrected chi connectivity index (χ3v) is 2.57. The Morgan fingerprint density at radius 3 is 2.77 bits per heavy atom. The van der Waals surface area contributed by atoms with Crippen molar-refractivity contribution in [2.45, 2.75) is 18.8 Å². The van der Waals surface area contributed by atoms with Gasteiger partial charge in [-0.15, -0.1) is 0 Å². The fourth-order valence-electron chi connectivity index (χ4n) is 1.88. The highest BCUT2D eigenvalue weighted by Gasteiger charge is 2.22. The van der Waals surface area contributed by atoms with Gasteiger partial charge in [0, 0.05) is 26.2 Å². The Morgan fingerprint density at radius 1 is 1.54 bits per heavy atom.